The topological polar surface area (TPSA) is 42.0 Å². The molecule has 0 aliphatic carbocycles. The van der Waals surface area contributed by atoms with E-state index in [0.717, 1.165) is 10.9 Å². The van der Waals surface area contributed by atoms with Crippen LogP contribution in [0, 0.1) is 5.82 Å². The molecule has 1 N–H and O–H groups in total. The Bertz CT molecular complexity index is 835. The maximum atomic E-state index is 13.7. The number of pyridine rings is 1. The molecule has 0 saturated carbocycles. The number of benzene rings is 2. The number of hydrogen-bond acceptors (Lipinski definition) is 2. The molecule has 0 aliphatic rings. The Kier molecular flexibility index (Phi) is 3.66. The summed E-state index contributed by atoms with van der Waals surface area (Å²) < 4.78 is 14.3. The summed E-state index contributed by atoms with van der Waals surface area (Å²) in [5, 5.41) is 3.56. The average molecular weight is 345 g/mol. The monoisotopic (exact) mass is 344 g/mol. The van der Waals surface area contributed by atoms with Crippen molar-refractivity contribution in [2.45, 2.75) is 0 Å². The smallest absolute Gasteiger partial charge is 0.258 e. The largest absolute Gasteiger partial charge is 0.320 e. The Labute approximate surface area is 128 Å². The Balaban J connectivity index is 1.90. The van der Waals surface area contributed by atoms with Gasteiger partial charge in [0.05, 0.1) is 23.0 Å². The van der Waals surface area contributed by atoms with E-state index in [1.807, 2.05) is 24.3 Å². The molecule has 1 aromatic heterocycles. The van der Waals surface area contributed by atoms with E-state index in [1.54, 1.807) is 18.3 Å². The van der Waals surface area contributed by atoms with E-state index in [1.165, 1.54) is 12.1 Å². The van der Waals surface area contributed by atoms with Crippen molar-refractivity contribution in [3.63, 3.8) is 0 Å². The van der Waals surface area contributed by atoms with Gasteiger partial charge in [0.1, 0.15) is 5.82 Å². The highest BCUT2D eigenvalue weighted by molar-refractivity contribution is 9.10. The van der Waals surface area contributed by atoms with Crippen LogP contribution in [0.3, 0.4) is 0 Å². The van der Waals surface area contributed by atoms with Crippen molar-refractivity contribution in [3.8, 4) is 0 Å². The predicted octanol–water partition coefficient (Wildman–Crippen LogP) is 4.39. The van der Waals surface area contributed by atoms with E-state index in [2.05, 4.69) is 26.2 Å². The maximum Gasteiger partial charge on any atom is 0.258 e. The fourth-order valence-electron chi connectivity index (χ4n) is 2.01. The Morgan fingerprint density at radius 2 is 1.95 bits per heavy atom. The molecule has 3 aromatic rings. The molecule has 3 nitrogen and oxygen atoms in total. The van der Waals surface area contributed by atoms with Crippen LogP contribution in [0.1, 0.15) is 10.4 Å². The number of anilines is 1. The summed E-state index contributed by atoms with van der Waals surface area (Å²) >= 11 is 3.22. The minimum absolute atomic E-state index is 0.0162. The number of amides is 1. The molecule has 0 atom stereocenters. The minimum Gasteiger partial charge on any atom is -0.320 e. The molecule has 0 fully saturated rings. The minimum atomic E-state index is -0.565. The molecular formula is C16H10BrFN2O. The van der Waals surface area contributed by atoms with Crippen LogP contribution in [0.15, 0.2) is 59.2 Å². The lowest BCUT2D eigenvalue weighted by Crippen LogP contribution is -2.14. The molecular weight excluding hydrogens is 335 g/mol. The van der Waals surface area contributed by atoms with Crippen LogP contribution in [-0.2, 0) is 0 Å². The molecule has 104 valence electrons. The van der Waals surface area contributed by atoms with E-state index in [-0.39, 0.29) is 5.56 Å². The number of carbonyl (C=O) groups excluding carboxylic acids is 1. The van der Waals surface area contributed by atoms with Crippen LogP contribution in [0.25, 0.3) is 10.9 Å². The number of halogens is 2. The standard InChI is InChI=1S/C16H10BrFN2O/c17-11-5-6-14(18)13(8-11)16(21)20-12-7-10-3-1-2-4-15(10)19-9-12/h1-9H,(H,20,21). The Morgan fingerprint density at radius 3 is 2.81 bits per heavy atom. The molecule has 0 saturated heterocycles. The van der Waals surface area contributed by atoms with Gasteiger partial charge in [-0.05, 0) is 30.3 Å². The zero-order valence-electron chi connectivity index (χ0n) is 10.8. The highest BCUT2D eigenvalue weighted by atomic mass is 79.9. The van der Waals surface area contributed by atoms with Crippen LogP contribution in [-0.4, -0.2) is 10.9 Å². The number of rotatable bonds is 2. The van der Waals surface area contributed by atoms with Crippen molar-refractivity contribution in [2.75, 3.05) is 5.32 Å². The molecule has 0 aliphatic heterocycles. The first-order valence-electron chi connectivity index (χ1n) is 6.25. The van der Waals surface area contributed by atoms with Gasteiger partial charge in [-0.1, -0.05) is 34.1 Å². The molecule has 0 radical (unpaired) electrons. The van der Waals surface area contributed by atoms with E-state index in [4.69, 9.17) is 0 Å². The second-order valence-corrected chi connectivity index (χ2v) is 5.41. The second kappa shape index (κ2) is 5.61. The Hall–Kier alpha value is -2.27. The number of aromatic nitrogens is 1. The van der Waals surface area contributed by atoms with Crippen molar-refractivity contribution < 1.29 is 9.18 Å². The van der Waals surface area contributed by atoms with E-state index >= 15 is 0 Å². The average Bonchev–Trinajstić information content (AvgIpc) is 2.49. The van der Waals surface area contributed by atoms with Crippen molar-refractivity contribution >= 4 is 38.4 Å². The van der Waals surface area contributed by atoms with E-state index in [9.17, 15) is 9.18 Å². The van der Waals surface area contributed by atoms with E-state index < -0.39 is 11.7 Å². The fraction of sp³-hybridized carbons (Fsp3) is 0. The number of para-hydroxylation sites is 1. The first-order chi connectivity index (χ1) is 10.1. The summed E-state index contributed by atoms with van der Waals surface area (Å²) in [7, 11) is 0. The number of fused-ring (bicyclic) bond motifs is 1. The third-order valence-corrected chi connectivity index (χ3v) is 3.51. The van der Waals surface area contributed by atoms with Gasteiger partial charge >= 0.3 is 0 Å². The normalized spacial score (nSPS) is 10.6. The summed E-state index contributed by atoms with van der Waals surface area (Å²) in [6, 6.07) is 13.6. The molecule has 1 amide bonds. The van der Waals surface area contributed by atoms with Crippen molar-refractivity contribution in [1.82, 2.24) is 4.98 Å². The van der Waals surface area contributed by atoms with E-state index in [0.29, 0.717) is 10.2 Å². The van der Waals surface area contributed by atoms with Gasteiger partial charge in [-0.2, -0.15) is 0 Å². The SMILES string of the molecule is O=C(Nc1cnc2ccccc2c1)c1cc(Br)ccc1F. The molecule has 5 heteroatoms. The predicted molar refractivity (Wildman–Crippen MR) is 83.8 cm³/mol. The van der Waals surface area contributed by atoms with Gasteiger partial charge in [-0.25, -0.2) is 4.39 Å². The summed E-state index contributed by atoms with van der Waals surface area (Å²) in [5.41, 5.74) is 1.35. The first-order valence-corrected chi connectivity index (χ1v) is 7.04. The van der Waals surface area contributed by atoms with Crippen LogP contribution >= 0.6 is 15.9 Å². The van der Waals surface area contributed by atoms with Gasteiger partial charge in [-0.15, -0.1) is 0 Å². The molecule has 0 bridgehead atoms. The second-order valence-electron chi connectivity index (χ2n) is 4.49. The van der Waals surface area contributed by atoms with Crippen LogP contribution in [0.2, 0.25) is 0 Å². The molecule has 2 aromatic carbocycles. The molecule has 21 heavy (non-hydrogen) atoms. The van der Waals surface area contributed by atoms with Crippen LogP contribution in [0.4, 0.5) is 10.1 Å². The highest BCUT2D eigenvalue weighted by Crippen LogP contribution is 2.19. The number of nitrogens with one attached hydrogen (secondary N) is 1. The maximum absolute atomic E-state index is 13.7. The zero-order valence-corrected chi connectivity index (χ0v) is 12.4. The van der Waals surface area contributed by atoms with Crippen molar-refractivity contribution in [1.29, 1.82) is 0 Å². The third-order valence-electron chi connectivity index (χ3n) is 3.02. The first kappa shape index (κ1) is 13.7. The van der Waals surface area contributed by atoms with Gasteiger partial charge in [0.2, 0.25) is 0 Å². The number of nitrogens with zero attached hydrogens (tertiary/aromatic N) is 1. The lowest BCUT2D eigenvalue weighted by atomic mass is 10.2. The van der Waals surface area contributed by atoms with Gasteiger partial charge in [0.15, 0.2) is 0 Å². The Morgan fingerprint density at radius 1 is 1.14 bits per heavy atom. The van der Waals surface area contributed by atoms with Crippen LogP contribution in [0.5, 0.6) is 0 Å². The summed E-state index contributed by atoms with van der Waals surface area (Å²) in [6.07, 6.45) is 1.55. The van der Waals surface area contributed by atoms with Gasteiger partial charge < -0.3 is 5.32 Å². The third kappa shape index (κ3) is 2.92. The lowest BCUT2D eigenvalue weighted by Gasteiger charge is -2.07. The van der Waals surface area contributed by atoms with Gasteiger partial charge in [-0.3, -0.25) is 9.78 Å². The quantitative estimate of drug-likeness (QED) is 0.749. The molecule has 3 rings (SSSR count). The summed E-state index contributed by atoms with van der Waals surface area (Å²) in [6.45, 7) is 0. The molecule has 1 heterocycles. The molecule has 0 spiro atoms. The van der Waals surface area contributed by atoms with Gasteiger partial charge in [0, 0.05) is 9.86 Å². The van der Waals surface area contributed by atoms with Crippen LogP contribution < -0.4 is 5.32 Å². The molecule has 0 unspecified atom stereocenters. The number of carbonyl (C=O) groups is 1. The summed E-state index contributed by atoms with van der Waals surface area (Å²) in [4.78, 5) is 16.4. The lowest BCUT2D eigenvalue weighted by molar-refractivity contribution is 0.102. The highest BCUT2D eigenvalue weighted by Gasteiger charge is 2.12. The number of hydrogen-bond donors (Lipinski definition) is 1. The zero-order chi connectivity index (χ0) is 14.8. The van der Waals surface area contributed by atoms with Crippen molar-refractivity contribution in [3.05, 3.63) is 70.6 Å². The van der Waals surface area contributed by atoms with Crippen molar-refractivity contribution in [2.24, 2.45) is 0 Å². The van der Waals surface area contributed by atoms with Gasteiger partial charge in [0.25, 0.3) is 5.91 Å². The fourth-order valence-corrected chi connectivity index (χ4v) is 2.37. The summed E-state index contributed by atoms with van der Waals surface area (Å²) in [5.74, 6) is -1.07.